The maximum atomic E-state index is 12.4. The van der Waals surface area contributed by atoms with E-state index in [1.165, 1.54) is 15.1 Å². The summed E-state index contributed by atoms with van der Waals surface area (Å²) >= 11 is 1.82. The Labute approximate surface area is 125 Å². The zero-order chi connectivity index (χ0) is 14.2. The topological polar surface area (TPSA) is 47.8 Å². The lowest BCUT2D eigenvalue weighted by Crippen LogP contribution is -2.28. The molecule has 3 aromatic rings. The molecule has 0 saturated heterocycles. The van der Waals surface area contributed by atoms with Gasteiger partial charge in [-0.3, -0.25) is 4.79 Å². The third kappa shape index (κ3) is 2.23. The van der Waals surface area contributed by atoms with E-state index in [0.717, 1.165) is 6.42 Å². The van der Waals surface area contributed by atoms with Gasteiger partial charge in [-0.15, -0.1) is 16.9 Å². The molecule has 0 amide bonds. The predicted octanol–water partition coefficient (Wildman–Crippen LogP) is 2.51. The molecule has 0 saturated carbocycles. The van der Waals surface area contributed by atoms with Crippen molar-refractivity contribution in [2.45, 2.75) is 23.1 Å². The molecule has 0 bridgehead atoms. The van der Waals surface area contributed by atoms with Gasteiger partial charge in [-0.1, -0.05) is 35.5 Å². The van der Waals surface area contributed by atoms with Crippen molar-refractivity contribution in [1.29, 1.82) is 0 Å². The number of rotatable bonds is 2. The van der Waals surface area contributed by atoms with Crippen LogP contribution in [0.15, 0.2) is 58.2 Å². The monoisotopic (exact) mass is 295 g/mol. The Morgan fingerprint density at radius 2 is 1.95 bits per heavy atom. The van der Waals surface area contributed by atoms with Crippen molar-refractivity contribution in [3.05, 3.63) is 64.4 Å². The van der Waals surface area contributed by atoms with Gasteiger partial charge >= 0.3 is 0 Å². The van der Waals surface area contributed by atoms with Crippen LogP contribution in [0.3, 0.4) is 0 Å². The Morgan fingerprint density at radius 3 is 2.86 bits per heavy atom. The van der Waals surface area contributed by atoms with Gasteiger partial charge in [0, 0.05) is 10.1 Å². The molecule has 0 aliphatic carbocycles. The maximum Gasteiger partial charge on any atom is 0.277 e. The number of aromatic nitrogens is 3. The first-order valence-corrected chi connectivity index (χ1v) is 7.76. The lowest BCUT2D eigenvalue weighted by Gasteiger charge is -2.09. The number of benzene rings is 2. The van der Waals surface area contributed by atoms with Gasteiger partial charge in [0.05, 0.1) is 11.9 Å². The lowest BCUT2D eigenvalue weighted by atomic mass is 10.1. The zero-order valence-electron chi connectivity index (χ0n) is 11.3. The zero-order valence-corrected chi connectivity index (χ0v) is 12.1. The van der Waals surface area contributed by atoms with E-state index in [0.29, 0.717) is 22.7 Å². The standard InChI is InChI=1S/C16H13N3OS/c20-16-13-6-2-3-7-14(13)17-18-19(16)10-12-9-11-5-1-4-8-15(11)21-12/h1-8,12H,9-10H2. The minimum Gasteiger partial charge on any atom is -0.267 e. The lowest BCUT2D eigenvalue weighted by molar-refractivity contribution is 0.537. The molecular weight excluding hydrogens is 282 g/mol. The highest BCUT2D eigenvalue weighted by Gasteiger charge is 2.23. The average Bonchev–Trinajstić information content (AvgIpc) is 2.93. The van der Waals surface area contributed by atoms with E-state index in [9.17, 15) is 4.79 Å². The van der Waals surface area contributed by atoms with E-state index >= 15 is 0 Å². The fraction of sp³-hybridized carbons (Fsp3) is 0.188. The van der Waals surface area contributed by atoms with Crippen LogP contribution in [0.5, 0.6) is 0 Å². The number of fused-ring (bicyclic) bond motifs is 2. The van der Waals surface area contributed by atoms with Crippen LogP contribution in [0, 0.1) is 0 Å². The summed E-state index contributed by atoms with van der Waals surface area (Å²) in [6.07, 6.45) is 0.974. The van der Waals surface area contributed by atoms with E-state index in [2.05, 4.69) is 34.6 Å². The molecular formula is C16H13N3OS. The van der Waals surface area contributed by atoms with Gasteiger partial charge in [0.25, 0.3) is 5.56 Å². The van der Waals surface area contributed by atoms with Crippen LogP contribution in [-0.2, 0) is 13.0 Å². The van der Waals surface area contributed by atoms with Gasteiger partial charge in [-0.25, -0.2) is 4.68 Å². The second-order valence-electron chi connectivity index (χ2n) is 5.15. The molecule has 2 aromatic carbocycles. The Hall–Kier alpha value is -2.14. The van der Waals surface area contributed by atoms with Crippen LogP contribution < -0.4 is 5.56 Å². The SMILES string of the molecule is O=c1c2ccccc2nnn1CC1Cc2ccccc2S1. The van der Waals surface area contributed by atoms with Gasteiger partial charge in [0.2, 0.25) is 0 Å². The molecule has 1 aromatic heterocycles. The summed E-state index contributed by atoms with van der Waals surface area (Å²) in [5.41, 5.74) is 1.95. The van der Waals surface area contributed by atoms with Crippen molar-refractivity contribution in [3.8, 4) is 0 Å². The highest BCUT2D eigenvalue weighted by molar-refractivity contribution is 8.00. The second kappa shape index (κ2) is 5.00. The van der Waals surface area contributed by atoms with Gasteiger partial charge in [0.1, 0.15) is 5.52 Å². The van der Waals surface area contributed by atoms with Gasteiger partial charge in [-0.2, -0.15) is 0 Å². The number of hydrogen-bond donors (Lipinski definition) is 0. The minimum absolute atomic E-state index is 0.0582. The van der Waals surface area contributed by atoms with Crippen LogP contribution in [0.1, 0.15) is 5.56 Å². The van der Waals surface area contributed by atoms with Crippen molar-refractivity contribution in [1.82, 2.24) is 15.0 Å². The first-order valence-electron chi connectivity index (χ1n) is 6.88. The third-order valence-corrected chi connectivity index (χ3v) is 5.02. The molecule has 1 aliphatic heterocycles. The van der Waals surface area contributed by atoms with Crippen LogP contribution in [0.25, 0.3) is 10.9 Å². The Bertz CT molecular complexity index is 850. The molecule has 1 unspecified atom stereocenters. The molecule has 1 atom stereocenters. The van der Waals surface area contributed by atoms with Crippen LogP contribution in [0.2, 0.25) is 0 Å². The normalized spacial score (nSPS) is 17.0. The maximum absolute atomic E-state index is 12.4. The van der Waals surface area contributed by atoms with E-state index < -0.39 is 0 Å². The van der Waals surface area contributed by atoms with Crippen molar-refractivity contribution in [2.75, 3.05) is 0 Å². The Kier molecular flexibility index (Phi) is 3.00. The smallest absolute Gasteiger partial charge is 0.267 e. The second-order valence-corrected chi connectivity index (χ2v) is 6.49. The van der Waals surface area contributed by atoms with E-state index in [-0.39, 0.29) is 5.56 Å². The summed E-state index contributed by atoms with van der Waals surface area (Å²) in [7, 11) is 0. The molecule has 104 valence electrons. The molecule has 0 radical (unpaired) electrons. The minimum atomic E-state index is -0.0582. The van der Waals surface area contributed by atoms with Crippen molar-refractivity contribution < 1.29 is 0 Å². The Balaban J connectivity index is 1.64. The third-order valence-electron chi connectivity index (χ3n) is 3.72. The summed E-state index contributed by atoms with van der Waals surface area (Å²) in [5, 5.41) is 9.19. The average molecular weight is 295 g/mol. The summed E-state index contributed by atoms with van der Waals surface area (Å²) in [6, 6.07) is 15.7. The fourth-order valence-corrected chi connectivity index (χ4v) is 3.99. The predicted molar refractivity (Wildman–Crippen MR) is 83.6 cm³/mol. The van der Waals surface area contributed by atoms with Gasteiger partial charge in [0.15, 0.2) is 0 Å². The van der Waals surface area contributed by atoms with Crippen molar-refractivity contribution in [2.24, 2.45) is 0 Å². The highest BCUT2D eigenvalue weighted by atomic mass is 32.2. The number of thioether (sulfide) groups is 1. The fourth-order valence-electron chi connectivity index (χ4n) is 2.69. The molecule has 21 heavy (non-hydrogen) atoms. The first kappa shape index (κ1) is 12.6. The van der Waals surface area contributed by atoms with Crippen LogP contribution in [-0.4, -0.2) is 20.2 Å². The molecule has 0 N–H and O–H groups in total. The van der Waals surface area contributed by atoms with E-state index in [1.807, 2.05) is 30.0 Å². The summed E-state index contributed by atoms with van der Waals surface area (Å²) in [4.78, 5) is 13.7. The largest absolute Gasteiger partial charge is 0.277 e. The van der Waals surface area contributed by atoms with Gasteiger partial charge < -0.3 is 0 Å². The number of nitrogens with zero attached hydrogens (tertiary/aromatic N) is 3. The van der Waals surface area contributed by atoms with Crippen molar-refractivity contribution in [3.63, 3.8) is 0 Å². The number of hydrogen-bond acceptors (Lipinski definition) is 4. The Morgan fingerprint density at radius 1 is 1.14 bits per heavy atom. The molecule has 0 fully saturated rings. The van der Waals surface area contributed by atoms with Crippen molar-refractivity contribution >= 4 is 22.7 Å². The summed E-state index contributed by atoms with van der Waals surface area (Å²) in [5.74, 6) is 0. The molecule has 5 heteroatoms. The summed E-state index contributed by atoms with van der Waals surface area (Å²) < 4.78 is 1.49. The first-order chi connectivity index (χ1) is 10.3. The molecule has 0 spiro atoms. The van der Waals surface area contributed by atoms with E-state index in [4.69, 9.17) is 0 Å². The summed E-state index contributed by atoms with van der Waals surface area (Å²) in [6.45, 7) is 0.593. The van der Waals surface area contributed by atoms with E-state index in [1.54, 1.807) is 6.07 Å². The molecule has 4 rings (SSSR count). The highest BCUT2D eigenvalue weighted by Crippen LogP contribution is 2.37. The quantitative estimate of drug-likeness (QED) is 0.729. The van der Waals surface area contributed by atoms with Crippen LogP contribution >= 0.6 is 11.8 Å². The molecule has 2 heterocycles. The molecule has 1 aliphatic rings. The molecule has 4 nitrogen and oxygen atoms in total. The van der Waals surface area contributed by atoms with Crippen LogP contribution in [0.4, 0.5) is 0 Å². The van der Waals surface area contributed by atoms with Gasteiger partial charge in [-0.05, 0) is 30.2 Å².